The van der Waals surface area contributed by atoms with Crippen molar-refractivity contribution >= 4 is 35.9 Å². The number of likely N-dealkylation sites (tertiary alicyclic amines) is 1. The highest BCUT2D eigenvalue weighted by atomic mass is 32.1. The van der Waals surface area contributed by atoms with E-state index >= 15 is 0 Å². The zero-order chi connectivity index (χ0) is 24.7. The van der Waals surface area contributed by atoms with Crippen molar-refractivity contribution < 1.29 is 9.18 Å². The summed E-state index contributed by atoms with van der Waals surface area (Å²) in [4.78, 5) is 23.2. The fourth-order valence-electron chi connectivity index (χ4n) is 6.51. The molecule has 0 N–H and O–H groups in total. The number of hydrogen-bond donors (Lipinski definition) is 0. The number of piperidine rings is 1. The third-order valence-corrected chi connectivity index (χ3v) is 8.26. The van der Waals surface area contributed by atoms with Crippen LogP contribution in [0.5, 0.6) is 0 Å². The molecule has 0 saturated carbocycles. The third-order valence-electron chi connectivity index (χ3n) is 8.26. The van der Waals surface area contributed by atoms with Crippen LogP contribution in [-0.4, -0.2) is 54.1 Å². The zero-order valence-corrected chi connectivity index (χ0v) is 21.7. The second kappa shape index (κ2) is 10.2. The Morgan fingerprint density at radius 1 is 1.05 bits per heavy atom. The van der Waals surface area contributed by atoms with Gasteiger partial charge >= 0.3 is 0 Å². The number of benzene rings is 3. The Kier molecular flexibility index (Phi) is 7.03. The molecule has 7 nitrogen and oxygen atoms in total. The van der Waals surface area contributed by atoms with E-state index in [0.29, 0.717) is 32.2 Å². The fraction of sp³-hybridized carbons (Fsp3) is 0.393. The van der Waals surface area contributed by atoms with Crippen LogP contribution in [0.25, 0.3) is 21.2 Å². The monoisotopic (exact) mass is 518 g/mol. The molecule has 2 saturated heterocycles. The van der Waals surface area contributed by atoms with Gasteiger partial charge in [-0.05, 0) is 77.4 Å². The molecule has 2 aliphatic heterocycles. The highest BCUT2D eigenvalue weighted by Crippen LogP contribution is 2.45. The Labute approximate surface area is 222 Å². The molecule has 1 atom stereocenters. The van der Waals surface area contributed by atoms with Crippen molar-refractivity contribution in [1.82, 2.24) is 9.80 Å². The molecular formula is C28H31FN6OS. The van der Waals surface area contributed by atoms with Gasteiger partial charge in [0.05, 0.1) is 6.67 Å². The Morgan fingerprint density at radius 2 is 1.78 bits per heavy atom. The average Bonchev–Trinajstić information content (AvgIpc) is 3.41. The third kappa shape index (κ3) is 4.31. The summed E-state index contributed by atoms with van der Waals surface area (Å²) in [6.45, 7) is 3.03. The standard InChI is InChI=1S/C28H29FN6O.H2S/c29-22-8-10-23(11-9-22)35-19-34(15-3-14-31-32-30)27(36)28(35)12-16-33(17-13-28)25-18-21-6-1-4-20-5-2-7-24(25)26(20)21;/h1-2,4-11,25H,3,12-19H2;1H2/t25-;/m0./s1. The van der Waals surface area contributed by atoms with E-state index in [1.54, 1.807) is 12.1 Å². The number of rotatable bonds is 6. The smallest absolute Gasteiger partial charge is 0.250 e. The van der Waals surface area contributed by atoms with Gasteiger partial charge in [-0.15, -0.1) is 0 Å². The van der Waals surface area contributed by atoms with Gasteiger partial charge in [-0.25, -0.2) is 4.39 Å². The molecule has 1 spiro atoms. The summed E-state index contributed by atoms with van der Waals surface area (Å²) >= 11 is 0. The first-order valence-corrected chi connectivity index (χ1v) is 12.7. The van der Waals surface area contributed by atoms with Gasteiger partial charge in [0.2, 0.25) is 5.91 Å². The molecule has 192 valence electrons. The van der Waals surface area contributed by atoms with Crippen molar-refractivity contribution in [2.75, 3.05) is 37.7 Å². The highest BCUT2D eigenvalue weighted by Gasteiger charge is 2.54. The normalized spacial score (nSPS) is 20.4. The molecule has 3 aliphatic rings. The molecule has 3 aromatic carbocycles. The molecule has 0 unspecified atom stereocenters. The Bertz CT molecular complexity index is 1350. The summed E-state index contributed by atoms with van der Waals surface area (Å²) in [5, 5.41) is 6.30. The lowest BCUT2D eigenvalue weighted by atomic mass is 9.84. The quantitative estimate of drug-likeness (QED) is 0.186. The maximum absolute atomic E-state index is 13.8. The van der Waals surface area contributed by atoms with E-state index in [0.717, 1.165) is 38.0 Å². The highest BCUT2D eigenvalue weighted by molar-refractivity contribution is 7.59. The van der Waals surface area contributed by atoms with Crippen molar-refractivity contribution in [2.45, 2.75) is 37.3 Å². The number of halogens is 1. The Morgan fingerprint density at radius 3 is 2.51 bits per heavy atom. The SMILES string of the molecule is S.[N-]=[N+]=NCCCN1CN(c2ccc(F)cc2)C2(CCN([C@H]3Cc4cccc5cccc3c45)CC2)C1=O. The van der Waals surface area contributed by atoms with Gasteiger partial charge in [-0.2, -0.15) is 13.5 Å². The average molecular weight is 519 g/mol. The minimum Gasteiger partial charge on any atom is -0.339 e. The van der Waals surface area contributed by atoms with Crippen LogP contribution in [0, 0.1) is 5.82 Å². The second-order valence-corrected chi connectivity index (χ2v) is 10.1. The number of nitrogens with zero attached hydrogens (tertiary/aromatic N) is 6. The number of amides is 1. The molecular weight excluding hydrogens is 487 g/mol. The summed E-state index contributed by atoms with van der Waals surface area (Å²) < 4.78 is 13.7. The number of carbonyl (C=O) groups excluding carboxylic acids is 1. The Hall–Kier alpha value is -3.26. The van der Waals surface area contributed by atoms with Crippen LogP contribution in [0.15, 0.2) is 65.8 Å². The van der Waals surface area contributed by atoms with E-state index in [-0.39, 0.29) is 25.2 Å². The van der Waals surface area contributed by atoms with E-state index in [1.165, 1.54) is 34.0 Å². The van der Waals surface area contributed by atoms with Crippen LogP contribution in [0.2, 0.25) is 0 Å². The molecule has 2 heterocycles. The van der Waals surface area contributed by atoms with E-state index in [4.69, 9.17) is 5.53 Å². The lowest BCUT2D eigenvalue weighted by Crippen LogP contribution is -2.57. The lowest BCUT2D eigenvalue weighted by Gasteiger charge is -2.45. The van der Waals surface area contributed by atoms with Gasteiger partial charge in [-0.1, -0.05) is 41.5 Å². The predicted octanol–water partition coefficient (Wildman–Crippen LogP) is 5.53. The maximum Gasteiger partial charge on any atom is 0.250 e. The van der Waals surface area contributed by atoms with Gasteiger partial charge in [0.15, 0.2) is 0 Å². The van der Waals surface area contributed by atoms with Crippen LogP contribution in [0.3, 0.4) is 0 Å². The molecule has 1 amide bonds. The van der Waals surface area contributed by atoms with Crippen LogP contribution in [-0.2, 0) is 11.2 Å². The van der Waals surface area contributed by atoms with Crippen LogP contribution in [0.1, 0.15) is 36.4 Å². The van der Waals surface area contributed by atoms with E-state index in [9.17, 15) is 9.18 Å². The van der Waals surface area contributed by atoms with Crippen LogP contribution < -0.4 is 4.90 Å². The molecule has 2 fully saturated rings. The minimum atomic E-state index is -0.635. The molecule has 37 heavy (non-hydrogen) atoms. The topological polar surface area (TPSA) is 75.6 Å². The van der Waals surface area contributed by atoms with Crippen LogP contribution >= 0.6 is 13.5 Å². The number of anilines is 1. The summed E-state index contributed by atoms with van der Waals surface area (Å²) in [6.07, 6.45) is 3.07. The van der Waals surface area contributed by atoms with E-state index < -0.39 is 5.54 Å². The Balaban J connectivity index is 0.00000280. The van der Waals surface area contributed by atoms with Crippen molar-refractivity contribution in [3.8, 4) is 0 Å². The molecule has 3 aromatic rings. The van der Waals surface area contributed by atoms with Crippen molar-refractivity contribution in [3.63, 3.8) is 0 Å². The molecule has 6 rings (SSSR count). The predicted molar refractivity (Wildman–Crippen MR) is 148 cm³/mol. The van der Waals surface area contributed by atoms with Crippen molar-refractivity contribution in [2.24, 2.45) is 5.11 Å². The number of azide groups is 1. The molecule has 9 heteroatoms. The zero-order valence-electron chi connectivity index (χ0n) is 20.7. The number of carbonyl (C=O) groups is 1. The maximum atomic E-state index is 13.8. The molecule has 0 bridgehead atoms. The van der Waals surface area contributed by atoms with Gasteiger partial charge in [0.25, 0.3) is 0 Å². The lowest BCUT2D eigenvalue weighted by molar-refractivity contribution is -0.133. The molecule has 0 aromatic heterocycles. The summed E-state index contributed by atoms with van der Waals surface area (Å²) in [5.74, 6) is -0.154. The van der Waals surface area contributed by atoms with Gasteiger partial charge in [-0.3, -0.25) is 9.69 Å². The first-order chi connectivity index (χ1) is 17.6. The second-order valence-electron chi connectivity index (χ2n) is 10.1. The first kappa shape index (κ1) is 25.4. The van der Waals surface area contributed by atoms with Crippen molar-refractivity contribution in [3.05, 3.63) is 88.1 Å². The van der Waals surface area contributed by atoms with Gasteiger partial charge in [0.1, 0.15) is 11.4 Å². The first-order valence-electron chi connectivity index (χ1n) is 12.7. The summed E-state index contributed by atoms with van der Waals surface area (Å²) in [5.41, 5.74) is 11.6. The fourth-order valence-corrected chi connectivity index (χ4v) is 6.51. The van der Waals surface area contributed by atoms with E-state index in [1.807, 2.05) is 4.90 Å². The molecule has 1 aliphatic carbocycles. The largest absolute Gasteiger partial charge is 0.339 e. The molecule has 0 radical (unpaired) electrons. The van der Waals surface area contributed by atoms with Crippen LogP contribution in [0.4, 0.5) is 10.1 Å². The number of hydrogen-bond acceptors (Lipinski definition) is 4. The summed E-state index contributed by atoms with van der Waals surface area (Å²) in [6, 6.07) is 20.0. The summed E-state index contributed by atoms with van der Waals surface area (Å²) in [7, 11) is 0. The van der Waals surface area contributed by atoms with Crippen molar-refractivity contribution in [1.29, 1.82) is 0 Å². The van der Waals surface area contributed by atoms with Gasteiger partial charge < -0.3 is 9.80 Å². The minimum absolute atomic E-state index is 0. The van der Waals surface area contributed by atoms with E-state index in [2.05, 4.69) is 56.2 Å². The van der Waals surface area contributed by atoms with Gasteiger partial charge in [0, 0.05) is 42.8 Å².